The second-order valence-electron chi connectivity index (χ2n) is 6.12. The smallest absolute Gasteiger partial charge is 0.322 e. The number of rotatable bonds is 5. The van der Waals surface area contributed by atoms with Gasteiger partial charge in [-0.2, -0.15) is 0 Å². The molecule has 5 nitrogen and oxygen atoms in total. The van der Waals surface area contributed by atoms with Gasteiger partial charge in [0.05, 0.1) is 12.2 Å². The van der Waals surface area contributed by atoms with Gasteiger partial charge in [0.15, 0.2) is 0 Å². The quantitative estimate of drug-likeness (QED) is 0.906. The number of urea groups is 1. The third-order valence-corrected chi connectivity index (χ3v) is 4.26. The highest BCUT2D eigenvalue weighted by atomic mass is 19.1. The summed E-state index contributed by atoms with van der Waals surface area (Å²) in [4.78, 5) is 14.3. The first-order valence-electron chi connectivity index (χ1n) is 8.25. The molecule has 1 aromatic rings. The molecule has 3 rings (SSSR count). The lowest BCUT2D eigenvalue weighted by molar-refractivity contribution is 0.0524. The van der Waals surface area contributed by atoms with Crippen LogP contribution in [0.4, 0.5) is 14.9 Å². The number of hydrogen-bond donors (Lipinski definition) is 1. The molecule has 0 aliphatic carbocycles. The molecule has 0 unspecified atom stereocenters. The summed E-state index contributed by atoms with van der Waals surface area (Å²) in [5, 5.41) is 2.77. The molecule has 23 heavy (non-hydrogen) atoms. The molecule has 2 aliphatic heterocycles. The summed E-state index contributed by atoms with van der Waals surface area (Å²) in [6.07, 6.45) is 4.16. The van der Waals surface area contributed by atoms with Crippen LogP contribution < -0.4 is 5.32 Å². The topological polar surface area (TPSA) is 50.8 Å². The number of carbonyl (C=O) groups is 1. The Kier molecular flexibility index (Phi) is 5.46. The van der Waals surface area contributed by atoms with Gasteiger partial charge >= 0.3 is 6.03 Å². The van der Waals surface area contributed by atoms with Gasteiger partial charge in [-0.1, -0.05) is 6.07 Å². The number of amides is 2. The highest BCUT2D eigenvalue weighted by Gasteiger charge is 2.27. The van der Waals surface area contributed by atoms with Crippen LogP contribution in [0.3, 0.4) is 0 Å². The fraction of sp³-hybridized carbons (Fsp3) is 0.588. The number of ether oxygens (including phenoxy) is 2. The van der Waals surface area contributed by atoms with Gasteiger partial charge in [-0.05, 0) is 43.9 Å². The van der Waals surface area contributed by atoms with E-state index in [1.54, 1.807) is 17.0 Å². The molecule has 0 aromatic heterocycles. The van der Waals surface area contributed by atoms with Gasteiger partial charge in [0.25, 0.3) is 0 Å². The molecule has 1 N–H and O–H groups in total. The summed E-state index contributed by atoms with van der Waals surface area (Å²) in [5.41, 5.74) is 0.458. The molecule has 6 heteroatoms. The van der Waals surface area contributed by atoms with Crippen LogP contribution in [-0.4, -0.2) is 49.4 Å². The minimum Gasteiger partial charge on any atom is -0.376 e. The molecular weight excluding hydrogens is 299 g/mol. The first-order valence-corrected chi connectivity index (χ1v) is 8.25. The first kappa shape index (κ1) is 16.2. The van der Waals surface area contributed by atoms with Crippen LogP contribution in [0.25, 0.3) is 0 Å². The normalized spacial score (nSPS) is 23.9. The van der Waals surface area contributed by atoms with Gasteiger partial charge in [0, 0.05) is 32.0 Å². The van der Waals surface area contributed by atoms with Crippen LogP contribution in [0.1, 0.15) is 25.7 Å². The van der Waals surface area contributed by atoms with Crippen molar-refractivity contribution in [3.63, 3.8) is 0 Å². The van der Waals surface area contributed by atoms with E-state index in [1.807, 2.05) is 0 Å². The molecule has 2 aliphatic rings. The average Bonchev–Trinajstić information content (AvgIpc) is 3.20. The zero-order valence-electron chi connectivity index (χ0n) is 13.2. The van der Waals surface area contributed by atoms with E-state index < -0.39 is 0 Å². The lowest BCUT2D eigenvalue weighted by Gasteiger charge is -2.28. The second kappa shape index (κ2) is 7.75. The van der Waals surface area contributed by atoms with Crippen LogP contribution in [0.5, 0.6) is 0 Å². The number of nitrogens with one attached hydrogen (secondary N) is 1. The number of anilines is 1. The highest BCUT2D eigenvalue weighted by Crippen LogP contribution is 2.18. The first-order chi connectivity index (χ1) is 11.2. The zero-order chi connectivity index (χ0) is 16.1. The van der Waals surface area contributed by atoms with Crippen molar-refractivity contribution in [1.29, 1.82) is 0 Å². The van der Waals surface area contributed by atoms with E-state index in [1.165, 1.54) is 12.1 Å². The maximum absolute atomic E-state index is 13.3. The number of halogens is 1. The van der Waals surface area contributed by atoms with Gasteiger partial charge < -0.3 is 19.7 Å². The van der Waals surface area contributed by atoms with Crippen molar-refractivity contribution in [1.82, 2.24) is 4.90 Å². The standard InChI is InChI=1S/C17H23FN2O3/c18-13-4-1-5-14(10-13)19-17(21)20(11-15-6-2-8-22-15)12-16-7-3-9-23-16/h1,4-5,10,15-16H,2-3,6-9,11-12H2,(H,19,21)/t15-,16-/m0/s1. The Morgan fingerprint density at radius 2 is 1.83 bits per heavy atom. The van der Waals surface area contributed by atoms with Crippen molar-refractivity contribution in [3.8, 4) is 0 Å². The van der Waals surface area contributed by atoms with E-state index in [9.17, 15) is 9.18 Å². The van der Waals surface area contributed by atoms with E-state index in [4.69, 9.17) is 9.47 Å². The Balaban J connectivity index is 1.63. The summed E-state index contributed by atoms with van der Waals surface area (Å²) in [7, 11) is 0. The summed E-state index contributed by atoms with van der Waals surface area (Å²) in [6.45, 7) is 2.59. The van der Waals surface area contributed by atoms with Gasteiger partial charge in [0.2, 0.25) is 0 Å². The Morgan fingerprint density at radius 1 is 1.17 bits per heavy atom. The Morgan fingerprint density at radius 3 is 2.35 bits per heavy atom. The van der Waals surface area contributed by atoms with Crippen molar-refractivity contribution in [2.45, 2.75) is 37.9 Å². The summed E-state index contributed by atoms with van der Waals surface area (Å²) in [5.74, 6) is -0.368. The van der Waals surface area contributed by atoms with Crippen LogP contribution in [0.2, 0.25) is 0 Å². The van der Waals surface area contributed by atoms with Crippen LogP contribution in [0.15, 0.2) is 24.3 Å². The summed E-state index contributed by atoms with van der Waals surface area (Å²) < 4.78 is 24.6. The molecule has 0 spiro atoms. The molecule has 0 radical (unpaired) electrons. The maximum atomic E-state index is 13.3. The molecular formula is C17H23FN2O3. The average molecular weight is 322 g/mol. The molecule has 2 atom stereocenters. The number of benzene rings is 1. The predicted octanol–water partition coefficient (Wildman–Crippen LogP) is 3.02. The predicted molar refractivity (Wildman–Crippen MR) is 84.9 cm³/mol. The van der Waals surface area contributed by atoms with Crippen molar-refractivity contribution in [2.24, 2.45) is 0 Å². The van der Waals surface area contributed by atoms with E-state index in [2.05, 4.69) is 5.32 Å². The minimum absolute atomic E-state index is 0.0784. The SMILES string of the molecule is O=C(Nc1cccc(F)c1)N(C[C@@H]1CCCO1)C[C@@H]1CCCO1. The van der Waals surface area contributed by atoms with Crippen molar-refractivity contribution >= 4 is 11.7 Å². The fourth-order valence-corrected chi connectivity index (χ4v) is 3.08. The second-order valence-corrected chi connectivity index (χ2v) is 6.12. The van der Waals surface area contributed by atoms with Crippen LogP contribution >= 0.6 is 0 Å². The van der Waals surface area contributed by atoms with Crippen LogP contribution in [-0.2, 0) is 9.47 Å². The number of carbonyl (C=O) groups excluding carboxylic acids is 1. The van der Waals surface area contributed by atoms with Gasteiger partial charge in [0.1, 0.15) is 5.82 Å². The van der Waals surface area contributed by atoms with E-state index in [0.29, 0.717) is 18.8 Å². The van der Waals surface area contributed by atoms with Crippen molar-refractivity contribution in [3.05, 3.63) is 30.1 Å². The van der Waals surface area contributed by atoms with Crippen molar-refractivity contribution in [2.75, 3.05) is 31.6 Å². The van der Waals surface area contributed by atoms with Gasteiger partial charge in [-0.3, -0.25) is 0 Å². The highest BCUT2D eigenvalue weighted by molar-refractivity contribution is 5.89. The third-order valence-electron chi connectivity index (χ3n) is 4.26. The molecule has 2 heterocycles. The van der Waals surface area contributed by atoms with Crippen LogP contribution in [0, 0.1) is 5.82 Å². The molecule has 1 aromatic carbocycles. The molecule has 2 saturated heterocycles. The van der Waals surface area contributed by atoms with E-state index >= 15 is 0 Å². The number of hydrogen-bond acceptors (Lipinski definition) is 3. The maximum Gasteiger partial charge on any atom is 0.322 e. The summed E-state index contributed by atoms with van der Waals surface area (Å²) >= 11 is 0. The largest absolute Gasteiger partial charge is 0.376 e. The monoisotopic (exact) mass is 322 g/mol. The lowest BCUT2D eigenvalue weighted by Crippen LogP contribution is -2.44. The van der Waals surface area contributed by atoms with Gasteiger partial charge in [-0.25, -0.2) is 9.18 Å². The summed E-state index contributed by atoms with van der Waals surface area (Å²) in [6, 6.07) is 5.69. The molecule has 0 saturated carbocycles. The molecule has 2 fully saturated rings. The number of nitrogens with zero attached hydrogens (tertiary/aromatic N) is 1. The Labute approximate surface area is 135 Å². The van der Waals surface area contributed by atoms with E-state index in [-0.39, 0.29) is 24.1 Å². The Hall–Kier alpha value is -1.66. The molecule has 2 amide bonds. The van der Waals surface area contributed by atoms with Crippen molar-refractivity contribution < 1.29 is 18.7 Å². The zero-order valence-corrected chi connectivity index (χ0v) is 13.2. The van der Waals surface area contributed by atoms with Gasteiger partial charge in [-0.15, -0.1) is 0 Å². The fourth-order valence-electron chi connectivity index (χ4n) is 3.08. The Bertz CT molecular complexity index is 510. The third kappa shape index (κ3) is 4.65. The van der Waals surface area contributed by atoms with E-state index in [0.717, 1.165) is 38.9 Å². The lowest BCUT2D eigenvalue weighted by atomic mass is 10.2. The molecule has 126 valence electrons. The molecule has 0 bridgehead atoms. The minimum atomic E-state index is -0.368.